The average Bonchev–Trinajstić information content (AvgIpc) is 2.36. The molecule has 0 radical (unpaired) electrons. The van der Waals surface area contributed by atoms with Crippen LogP contribution in [0, 0.1) is 5.92 Å². The molecule has 0 bridgehead atoms. The second kappa shape index (κ2) is 3.55. The van der Waals surface area contributed by atoms with Crippen LogP contribution in [-0.4, -0.2) is 11.5 Å². The van der Waals surface area contributed by atoms with Crippen molar-refractivity contribution in [3.05, 3.63) is 0 Å². The Morgan fingerprint density at radius 3 is 2.33 bits per heavy atom. The van der Waals surface area contributed by atoms with Gasteiger partial charge in [0.05, 0.1) is 0 Å². The standard InChI is InChI=1S/C10H17FO/c1-8(2)7-9(12)10(11)5-3-4-6-10/h8H,3-7H2,1-2H3. The Bertz CT molecular complexity index is 169. The topological polar surface area (TPSA) is 17.1 Å². The summed E-state index contributed by atoms with van der Waals surface area (Å²) in [5, 5.41) is 0. The molecule has 0 aliphatic heterocycles. The molecule has 2 heteroatoms. The van der Waals surface area contributed by atoms with Crippen LogP contribution < -0.4 is 0 Å². The van der Waals surface area contributed by atoms with Crippen LogP contribution in [0.2, 0.25) is 0 Å². The highest BCUT2D eigenvalue weighted by molar-refractivity contribution is 5.87. The van der Waals surface area contributed by atoms with Crippen molar-refractivity contribution in [1.29, 1.82) is 0 Å². The molecule has 0 aromatic rings. The Kier molecular flexibility index (Phi) is 2.86. The molecule has 0 atom stereocenters. The molecule has 0 N–H and O–H groups in total. The molecule has 1 rings (SSSR count). The number of rotatable bonds is 3. The van der Waals surface area contributed by atoms with Gasteiger partial charge in [-0.05, 0) is 31.6 Å². The largest absolute Gasteiger partial charge is 0.296 e. The molecule has 1 fully saturated rings. The molecule has 0 saturated heterocycles. The van der Waals surface area contributed by atoms with E-state index in [2.05, 4.69) is 0 Å². The van der Waals surface area contributed by atoms with E-state index < -0.39 is 5.67 Å². The van der Waals surface area contributed by atoms with E-state index in [-0.39, 0.29) is 11.7 Å². The minimum absolute atomic E-state index is 0.171. The summed E-state index contributed by atoms with van der Waals surface area (Å²) < 4.78 is 13.7. The second-order valence-corrected chi connectivity index (χ2v) is 4.19. The summed E-state index contributed by atoms with van der Waals surface area (Å²) in [5.41, 5.74) is -1.45. The quantitative estimate of drug-likeness (QED) is 0.639. The highest BCUT2D eigenvalue weighted by atomic mass is 19.1. The molecule has 1 saturated carbocycles. The number of hydrogen-bond donors (Lipinski definition) is 0. The number of hydrogen-bond acceptors (Lipinski definition) is 1. The molecule has 1 aliphatic rings. The fourth-order valence-electron chi connectivity index (χ4n) is 1.77. The maximum absolute atomic E-state index is 13.7. The van der Waals surface area contributed by atoms with E-state index in [9.17, 15) is 9.18 Å². The normalized spacial score (nSPS) is 21.7. The Labute approximate surface area is 73.3 Å². The third kappa shape index (κ3) is 2.05. The lowest BCUT2D eigenvalue weighted by Gasteiger charge is -2.18. The minimum Gasteiger partial charge on any atom is -0.296 e. The summed E-state index contributed by atoms with van der Waals surface area (Å²) in [4.78, 5) is 11.4. The van der Waals surface area contributed by atoms with Gasteiger partial charge in [0.25, 0.3) is 0 Å². The average molecular weight is 172 g/mol. The number of halogens is 1. The van der Waals surface area contributed by atoms with Crippen LogP contribution in [0.3, 0.4) is 0 Å². The lowest BCUT2D eigenvalue weighted by Crippen LogP contribution is -2.31. The molecule has 70 valence electrons. The molecule has 1 nitrogen and oxygen atoms in total. The summed E-state index contributed by atoms with van der Waals surface area (Å²) in [6.07, 6.45) is 3.06. The van der Waals surface area contributed by atoms with Crippen molar-refractivity contribution in [2.24, 2.45) is 5.92 Å². The summed E-state index contributed by atoms with van der Waals surface area (Å²) in [6, 6.07) is 0. The van der Waals surface area contributed by atoms with Crippen molar-refractivity contribution in [3.63, 3.8) is 0 Å². The molecule has 0 amide bonds. The SMILES string of the molecule is CC(C)CC(=O)C1(F)CCCC1. The molecule has 0 aromatic carbocycles. The zero-order valence-electron chi connectivity index (χ0n) is 7.90. The summed E-state index contributed by atoms with van der Waals surface area (Å²) in [6.45, 7) is 3.91. The fourth-order valence-corrected chi connectivity index (χ4v) is 1.77. The van der Waals surface area contributed by atoms with Gasteiger partial charge >= 0.3 is 0 Å². The summed E-state index contributed by atoms with van der Waals surface area (Å²) in [7, 11) is 0. The monoisotopic (exact) mass is 172 g/mol. The Morgan fingerprint density at radius 1 is 1.42 bits per heavy atom. The maximum atomic E-state index is 13.7. The first-order valence-electron chi connectivity index (χ1n) is 4.77. The number of Topliss-reactive ketones (excluding diaryl/α,β-unsaturated/α-hetero) is 1. The fraction of sp³-hybridized carbons (Fsp3) is 0.900. The first-order valence-corrected chi connectivity index (χ1v) is 4.77. The summed E-state index contributed by atoms with van der Waals surface area (Å²) in [5.74, 6) is 0.112. The third-order valence-corrected chi connectivity index (χ3v) is 2.49. The van der Waals surface area contributed by atoms with Crippen LogP contribution in [0.15, 0.2) is 0 Å². The van der Waals surface area contributed by atoms with Gasteiger partial charge in [-0.15, -0.1) is 0 Å². The van der Waals surface area contributed by atoms with Gasteiger partial charge in [-0.3, -0.25) is 4.79 Å². The lowest BCUT2D eigenvalue weighted by atomic mass is 9.92. The number of carbonyl (C=O) groups excluding carboxylic acids is 1. The maximum Gasteiger partial charge on any atom is 0.170 e. The zero-order valence-corrected chi connectivity index (χ0v) is 7.90. The first kappa shape index (κ1) is 9.69. The molecule has 12 heavy (non-hydrogen) atoms. The molecule has 1 aliphatic carbocycles. The van der Waals surface area contributed by atoms with Crippen LogP contribution in [0.4, 0.5) is 4.39 Å². The van der Waals surface area contributed by atoms with Crippen molar-refractivity contribution in [1.82, 2.24) is 0 Å². The second-order valence-electron chi connectivity index (χ2n) is 4.19. The van der Waals surface area contributed by atoms with Gasteiger partial charge in [0.2, 0.25) is 0 Å². The molecular weight excluding hydrogens is 155 g/mol. The van der Waals surface area contributed by atoms with Crippen LogP contribution in [0.5, 0.6) is 0 Å². The Morgan fingerprint density at radius 2 is 1.92 bits per heavy atom. The van der Waals surface area contributed by atoms with Crippen molar-refractivity contribution in [2.75, 3.05) is 0 Å². The molecule has 0 unspecified atom stereocenters. The minimum atomic E-state index is -1.45. The Hall–Kier alpha value is -0.400. The van der Waals surface area contributed by atoms with Crippen molar-refractivity contribution in [2.45, 2.75) is 51.6 Å². The van der Waals surface area contributed by atoms with Crippen LogP contribution in [0.1, 0.15) is 46.0 Å². The zero-order chi connectivity index (χ0) is 9.19. The molecular formula is C10H17FO. The van der Waals surface area contributed by atoms with Crippen molar-refractivity contribution < 1.29 is 9.18 Å². The van der Waals surface area contributed by atoms with Gasteiger partial charge < -0.3 is 0 Å². The number of alkyl halides is 1. The Balaban J connectivity index is 2.50. The smallest absolute Gasteiger partial charge is 0.170 e. The highest BCUT2D eigenvalue weighted by Gasteiger charge is 2.40. The first-order chi connectivity index (χ1) is 5.54. The van der Waals surface area contributed by atoms with E-state index in [4.69, 9.17) is 0 Å². The van der Waals surface area contributed by atoms with Gasteiger partial charge in [0.15, 0.2) is 11.5 Å². The van der Waals surface area contributed by atoms with Crippen molar-refractivity contribution >= 4 is 5.78 Å². The van der Waals surface area contributed by atoms with Crippen molar-refractivity contribution in [3.8, 4) is 0 Å². The predicted octanol–water partition coefficient (Wildman–Crippen LogP) is 2.88. The molecule has 0 spiro atoms. The van der Waals surface area contributed by atoms with E-state index in [0.717, 1.165) is 12.8 Å². The number of carbonyl (C=O) groups is 1. The van der Waals surface area contributed by atoms with Gasteiger partial charge in [-0.1, -0.05) is 13.8 Å². The van der Waals surface area contributed by atoms with E-state index in [1.807, 2.05) is 13.8 Å². The van der Waals surface area contributed by atoms with E-state index in [1.54, 1.807) is 0 Å². The van der Waals surface area contributed by atoms with E-state index >= 15 is 0 Å². The predicted molar refractivity (Wildman–Crippen MR) is 46.8 cm³/mol. The lowest BCUT2D eigenvalue weighted by molar-refractivity contribution is -0.130. The van der Waals surface area contributed by atoms with Crippen LogP contribution in [0.25, 0.3) is 0 Å². The third-order valence-electron chi connectivity index (χ3n) is 2.49. The van der Waals surface area contributed by atoms with E-state index in [1.165, 1.54) is 0 Å². The molecule has 0 heterocycles. The van der Waals surface area contributed by atoms with Crippen LogP contribution >= 0.6 is 0 Å². The molecule has 0 aromatic heterocycles. The van der Waals surface area contributed by atoms with Crippen LogP contribution in [-0.2, 0) is 4.79 Å². The van der Waals surface area contributed by atoms with Gasteiger partial charge in [0, 0.05) is 6.42 Å². The van der Waals surface area contributed by atoms with E-state index in [0.29, 0.717) is 19.3 Å². The summed E-state index contributed by atoms with van der Waals surface area (Å²) >= 11 is 0. The number of ketones is 1. The highest BCUT2D eigenvalue weighted by Crippen LogP contribution is 2.35. The van der Waals surface area contributed by atoms with Gasteiger partial charge in [0.1, 0.15) is 0 Å². The van der Waals surface area contributed by atoms with Gasteiger partial charge in [-0.25, -0.2) is 4.39 Å². The van der Waals surface area contributed by atoms with Gasteiger partial charge in [-0.2, -0.15) is 0 Å².